The molecular formula is C12H11N5O2. The molecule has 3 heterocycles. The van der Waals surface area contributed by atoms with Crippen LogP contribution in [0.3, 0.4) is 0 Å². The number of rotatable bonds is 3. The maximum absolute atomic E-state index is 10.7. The highest BCUT2D eigenvalue weighted by atomic mass is 16.4. The van der Waals surface area contributed by atoms with E-state index >= 15 is 0 Å². The number of hydrogen-bond donors (Lipinski definition) is 1. The molecule has 0 atom stereocenters. The van der Waals surface area contributed by atoms with Gasteiger partial charge in [0.15, 0.2) is 5.69 Å². The number of imidazole rings is 1. The smallest absolute Gasteiger partial charge is 0.358 e. The third-order valence-corrected chi connectivity index (χ3v) is 2.81. The fourth-order valence-corrected chi connectivity index (χ4v) is 1.92. The van der Waals surface area contributed by atoms with Crippen molar-refractivity contribution in [2.24, 2.45) is 0 Å². The summed E-state index contributed by atoms with van der Waals surface area (Å²) in [7, 11) is 0. The predicted molar refractivity (Wildman–Crippen MR) is 66.0 cm³/mol. The molecule has 0 aliphatic carbocycles. The number of aromatic carboxylic acids is 1. The lowest BCUT2D eigenvalue weighted by Crippen LogP contribution is -2.00. The van der Waals surface area contributed by atoms with E-state index in [0.29, 0.717) is 6.54 Å². The summed E-state index contributed by atoms with van der Waals surface area (Å²) in [5, 5.41) is 16.1. The molecule has 0 fully saturated rings. The molecule has 0 amide bonds. The van der Waals surface area contributed by atoms with Crippen molar-refractivity contribution >= 4 is 11.6 Å². The third-order valence-electron chi connectivity index (χ3n) is 2.81. The van der Waals surface area contributed by atoms with Crippen LogP contribution < -0.4 is 0 Å². The Morgan fingerprint density at radius 2 is 2.26 bits per heavy atom. The van der Waals surface area contributed by atoms with Gasteiger partial charge in [-0.2, -0.15) is 0 Å². The Bertz CT molecular complexity index is 758. The standard InChI is InChI=1S/C12H11N5O2/c1-8-3-2-4-16-5-9(13-11(8)16)6-17-7-10(12(18)19)14-15-17/h2-5,7H,6H2,1H3,(H,18,19). The minimum atomic E-state index is -1.09. The average Bonchev–Trinajstić information content (AvgIpc) is 2.96. The molecule has 3 rings (SSSR count). The number of aryl methyl sites for hydroxylation is 1. The summed E-state index contributed by atoms with van der Waals surface area (Å²) in [6.07, 6.45) is 5.20. The molecule has 0 aromatic carbocycles. The second-order valence-electron chi connectivity index (χ2n) is 4.26. The molecule has 0 radical (unpaired) electrons. The maximum atomic E-state index is 10.7. The number of hydrogen-bond acceptors (Lipinski definition) is 4. The monoisotopic (exact) mass is 257 g/mol. The number of aromatic nitrogens is 5. The largest absolute Gasteiger partial charge is 0.476 e. The Hall–Kier alpha value is -2.70. The Morgan fingerprint density at radius 1 is 1.42 bits per heavy atom. The van der Waals surface area contributed by atoms with Crippen LogP contribution in [0.25, 0.3) is 5.65 Å². The van der Waals surface area contributed by atoms with E-state index in [1.807, 2.05) is 35.9 Å². The molecule has 3 aromatic rings. The first-order valence-electron chi connectivity index (χ1n) is 5.70. The number of carbonyl (C=O) groups is 1. The lowest BCUT2D eigenvalue weighted by Gasteiger charge is -1.94. The molecule has 0 saturated carbocycles. The number of nitrogens with zero attached hydrogens (tertiary/aromatic N) is 5. The van der Waals surface area contributed by atoms with E-state index in [-0.39, 0.29) is 5.69 Å². The van der Waals surface area contributed by atoms with E-state index < -0.39 is 5.97 Å². The zero-order chi connectivity index (χ0) is 13.4. The maximum Gasteiger partial charge on any atom is 0.358 e. The Labute approximate surface area is 108 Å². The van der Waals surface area contributed by atoms with Gasteiger partial charge >= 0.3 is 5.97 Å². The van der Waals surface area contributed by atoms with Crippen molar-refractivity contribution in [3.8, 4) is 0 Å². The topological polar surface area (TPSA) is 85.3 Å². The lowest BCUT2D eigenvalue weighted by molar-refractivity contribution is 0.0690. The molecule has 7 heteroatoms. The molecule has 0 bridgehead atoms. The number of fused-ring (bicyclic) bond motifs is 1. The van der Waals surface area contributed by atoms with Crippen molar-refractivity contribution in [3.63, 3.8) is 0 Å². The summed E-state index contributed by atoms with van der Waals surface area (Å²) in [4.78, 5) is 15.2. The van der Waals surface area contributed by atoms with Crippen molar-refractivity contribution < 1.29 is 9.90 Å². The first-order valence-corrected chi connectivity index (χ1v) is 5.70. The molecule has 0 saturated heterocycles. The van der Waals surface area contributed by atoms with Gasteiger partial charge in [-0.15, -0.1) is 5.10 Å². The van der Waals surface area contributed by atoms with E-state index in [1.54, 1.807) is 0 Å². The van der Waals surface area contributed by atoms with Crippen molar-refractivity contribution in [3.05, 3.63) is 47.7 Å². The molecule has 0 aliphatic heterocycles. The summed E-state index contributed by atoms with van der Waals surface area (Å²) in [5.41, 5.74) is 2.70. The summed E-state index contributed by atoms with van der Waals surface area (Å²) in [6, 6.07) is 3.94. The van der Waals surface area contributed by atoms with Gasteiger partial charge in [0, 0.05) is 12.4 Å². The minimum absolute atomic E-state index is 0.0695. The van der Waals surface area contributed by atoms with Crippen molar-refractivity contribution in [1.82, 2.24) is 24.4 Å². The number of carboxylic acids is 1. The Kier molecular flexibility index (Phi) is 2.52. The van der Waals surface area contributed by atoms with Gasteiger partial charge in [0.05, 0.1) is 18.4 Å². The van der Waals surface area contributed by atoms with Crippen LogP contribution in [0.2, 0.25) is 0 Å². The van der Waals surface area contributed by atoms with Crippen LogP contribution in [0.5, 0.6) is 0 Å². The molecule has 0 aliphatic rings. The Balaban J connectivity index is 1.92. The third kappa shape index (κ3) is 2.05. The van der Waals surface area contributed by atoms with Crippen LogP contribution in [0.4, 0.5) is 0 Å². The summed E-state index contributed by atoms with van der Waals surface area (Å²) < 4.78 is 3.39. The quantitative estimate of drug-likeness (QED) is 0.756. The fourth-order valence-electron chi connectivity index (χ4n) is 1.92. The van der Waals surface area contributed by atoms with Gasteiger partial charge < -0.3 is 9.51 Å². The van der Waals surface area contributed by atoms with Crippen molar-refractivity contribution in [2.45, 2.75) is 13.5 Å². The van der Waals surface area contributed by atoms with Crippen LogP contribution in [0.1, 0.15) is 21.7 Å². The molecule has 7 nitrogen and oxygen atoms in total. The SMILES string of the molecule is Cc1cccn2cc(Cn3cc(C(=O)O)nn3)nc12. The molecule has 0 unspecified atom stereocenters. The van der Waals surface area contributed by atoms with Crippen LogP contribution in [-0.4, -0.2) is 35.5 Å². The van der Waals surface area contributed by atoms with E-state index in [2.05, 4.69) is 15.3 Å². The van der Waals surface area contributed by atoms with Gasteiger partial charge in [0.2, 0.25) is 0 Å². The van der Waals surface area contributed by atoms with E-state index in [4.69, 9.17) is 5.11 Å². The second kappa shape index (κ2) is 4.20. The molecule has 1 N–H and O–H groups in total. The van der Waals surface area contributed by atoms with Gasteiger partial charge in [0.25, 0.3) is 0 Å². The first-order chi connectivity index (χ1) is 9.13. The zero-order valence-corrected chi connectivity index (χ0v) is 10.2. The highest BCUT2D eigenvalue weighted by molar-refractivity contribution is 5.84. The summed E-state index contributed by atoms with van der Waals surface area (Å²) in [6.45, 7) is 2.38. The lowest BCUT2D eigenvalue weighted by atomic mass is 10.3. The average molecular weight is 257 g/mol. The number of pyridine rings is 1. The van der Waals surface area contributed by atoms with Gasteiger partial charge in [0.1, 0.15) is 5.65 Å². The van der Waals surface area contributed by atoms with Gasteiger partial charge in [-0.05, 0) is 18.6 Å². The highest BCUT2D eigenvalue weighted by Crippen LogP contribution is 2.10. The first kappa shape index (κ1) is 11.4. The zero-order valence-electron chi connectivity index (χ0n) is 10.2. The number of carboxylic acid groups (broad SMARTS) is 1. The van der Waals surface area contributed by atoms with Crippen LogP contribution in [0, 0.1) is 6.92 Å². The van der Waals surface area contributed by atoms with Gasteiger partial charge in [-0.1, -0.05) is 11.3 Å². The minimum Gasteiger partial charge on any atom is -0.476 e. The fraction of sp³-hybridized carbons (Fsp3) is 0.167. The van der Waals surface area contributed by atoms with E-state index in [1.165, 1.54) is 10.9 Å². The van der Waals surface area contributed by atoms with Crippen molar-refractivity contribution in [2.75, 3.05) is 0 Å². The van der Waals surface area contributed by atoms with Crippen molar-refractivity contribution in [1.29, 1.82) is 0 Å². The second-order valence-corrected chi connectivity index (χ2v) is 4.26. The van der Waals surface area contributed by atoms with Crippen LogP contribution >= 0.6 is 0 Å². The summed E-state index contributed by atoms with van der Waals surface area (Å²) in [5.74, 6) is -1.09. The Morgan fingerprint density at radius 3 is 2.95 bits per heavy atom. The predicted octanol–water partition coefficient (Wildman–Crippen LogP) is 0.981. The van der Waals surface area contributed by atoms with Gasteiger partial charge in [-0.25, -0.2) is 14.5 Å². The normalized spacial score (nSPS) is 11.0. The molecule has 0 spiro atoms. The van der Waals surface area contributed by atoms with Crippen LogP contribution in [-0.2, 0) is 6.54 Å². The summed E-state index contributed by atoms with van der Waals surface area (Å²) >= 11 is 0. The molecule has 96 valence electrons. The van der Waals surface area contributed by atoms with E-state index in [9.17, 15) is 4.79 Å². The van der Waals surface area contributed by atoms with E-state index in [0.717, 1.165) is 16.9 Å². The highest BCUT2D eigenvalue weighted by Gasteiger charge is 2.10. The molecule has 19 heavy (non-hydrogen) atoms. The van der Waals surface area contributed by atoms with Gasteiger partial charge in [-0.3, -0.25) is 0 Å². The van der Waals surface area contributed by atoms with Crippen LogP contribution in [0.15, 0.2) is 30.7 Å². The molecule has 3 aromatic heterocycles. The molecular weight excluding hydrogens is 246 g/mol.